The summed E-state index contributed by atoms with van der Waals surface area (Å²) in [7, 11) is 1.58. The van der Waals surface area contributed by atoms with Gasteiger partial charge in [0.2, 0.25) is 0 Å². The van der Waals surface area contributed by atoms with E-state index in [1.54, 1.807) is 13.1 Å². The van der Waals surface area contributed by atoms with Gasteiger partial charge in [-0.05, 0) is 23.8 Å². The lowest BCUT2D eigenvalue weighted by Gasteiger charge is -2.08. The molecule has 0 aliphatic heterocycles. The van der Waals surface area contributed by atoms with Gasteiger partial charge in [0, 0.05) is 7.05 Å². The zero-order chi connectivity index (χ0) is 13.5. The number of carbonyl (C=O) groups excluding carboxylic acids is 1. The molecule has 0 bridgehead atoms. The van der Waals surface area contributed by atoms with E-state index in [-0.39, 0.29) is 11.7 Å². The first-order valence-electron chi connectivity index (χ1n) is 6.01. The molecule has 0 unspecified atom stereocenters. The highest BCUT2D eigenvalue weighted by Crippen LogP contribution is 2.15. The van der Waals surface area contributed by atoms with E-state index in [9.17, 15) is 4.79 Å². The fourth-order valence-corrected chi connectivity index (χ4v) is 1.58. The zero-order valence-electron chi connectivity index (χ0n) is 10.7. The van der Waals surface area contributed by atoms with Crippen LogP contribution in [0.15, 0.2) is 66.4 Å². The number of para-hydroxylation sites is 1. The molecule has 1 amide bonds. The average molecular weight is 253 g/mol. The maximum absolute atomic E-state index is 11.8. The molecule has 0 spiro atoms. The molecule has 96 valence electrons. The van der Waals surface area contributed by atoms with Gasteiger partial charge in [0.1, 0.15) is 5.75 Å². The summed E-state index contributed by atoms with van der Waals surface area (Å²) in [6.45, 7) is 0. The lowest BCUT2D eigenvalue weighted by molar-refractivity contribution is -0.118. The third kappa shape index (κ3) is 3.71. The van der Waals surface area contributed by atoms with Gasteiger partial charge in [-0.2, -0.15) is 0 Å². The van der Waals surface area contributed by atoms with Crippen LogP contribution in [-0.4, -0.2) is 13.0 Å². The number of rotatable bonds is 4. The summed E-state index contributed by atoms with van der Waals surface area (Å²) in [6.07, 6.45) is 1.71. The van der Waals surface area contributed by atoms with Gasteiger partial charge in [0.15, 0.2) is 5.76 Å². The molecular weight excluding hydrogens is 238 g/mol. The quantitative estimate of drug-likeness (QED) is 0.672. The molecule has 3 nitrogen and oxygen atoms in total. The highest BCUT2D eigenvalue weighted by molar-refractivity contribution is 5.96. The van der Waals surface area contributed by atoms with E-state index < -0.39 is 0 Å². The second kappa shape index (κ2) is 6.40. The number of ether oxygens (including phenoxy) is 1. The molecule has 0 saturated heterocycles. The Kier molecular flexibility index (Phi) is 4.34. The molecule has 0 aliphatic rings. The van der Waals surface area contributed by atoms with Crippen LogP contribution >= 0.6 is 0 Å². The third-order valence-corrected chi connectivity index (χ3v) is 2.52. The predicted molar refractivity (Wildman–Crippen MR) is 75.6 cm³/mol. The SMILES string of the molecule is CNC(=O)C(=Cc1ccccc1)Oc1ccccc1. The molecule has 19 heavy (non-hydrogen) atoms. The van der Waals surface area contributed by atoms with Crippen molar-refractivity contribution in [2.75, 3.05) is 7.05 Å². The number of likely N-dealkylation sites (N-methyl/N-ethyl adjacent to an activating group) is 1. The Morgan fingerprint density at radius 3 is 2.16 bits per heavy atom. The predicted octanol–water partition coefficient (Wildman–Crippen LogP) is 2.85. The summed E-state index contributed by atoms with van der Waals surface area (Å²) < 4.78 is 5.62. The van der Waals surface area contributed by atoms with Crippen molar-refractivity contribution < 1.29 is 9.53 Å². The minimum atomic E-state index is -0.257. The van der Waals surface area contributed by atoms with E-state index in [0.29, 0.717) is 5.75 Å². The largest absolute Gasteiger partial charge is 0.452 e. The van der Waals surface area contributed by atoms with Gasteiger partial charge < -0.3 is 10.1 Å². The molecule has 0 heterocycles. The molecule has 1 N–H and O–H groups in total. The molecule has 0 saturated carbocycles. The zero-order valence-corrected chi connectivity index (χ0v) is 10.7. The second-order valence-corrected chi connectivity index (χ2v) is 3.91. The van der Waals surface area contributed by atoms with Crippen molar-refractivity contribution in [3.05, 3.63) is 72.0 Å². The van der Waals surface area contributed by atoms with Crippen LogP contribution in [0.25, 0.3) is 6.08 Å². The minimum Gasteiger partial charge on any atom is -0.452 e. The van der Waals surface area contributed by atoms with Crippen LogP contribution in [0.2, 0.25) is 0 Å². The number of nitrogens with one attached hydrogen (secondary N) is 1. The molecule has 0 aromatic heterocycles. The molecule has 0 fully saturated rings. The van der Waals surface area contributed by atoms with Crippen molar-refractivity contribution in [2.24, 2.45) is 0 Å². The standard InChI is InChI=1S/C16H15NO2/c1-17-16(18)15(12-13-8-4-2-5-9-13)19-14-10-6-3-7-11-14/h2-12H,1H3,(H,17,18). The van der Waals surface area contributed by atoms with E-state index in [1.807, 2.05) is 60.7 Å². The van der Waals surface area contributed by atoms with Crippen molar-refractivity contribution in [2.45, 2.75) is 0 Å². The maximum Gasteiger partial charge on any atom is 0.286 e. The number of amides is 1. The van der Waals surface area contributed by atoms with Gasteiger partial charge in [0.25, 0.3) is 5.91 Å². The smallest absolute Gasteiger partial charge is 0.286 e. The number of carbonyl (C=O) groups is 1. The Morgan fingerprint density at radius 1 is 1.00 bits per heavy atom. The van der Waals surface area contributed by atoms with Gasteiger partial charge in [-0.25, -0.2) is 0 Å². The first-order chi connectivity index (χ1) is 9.29. The van der Waals surface area contributed by atoms with Crippen molar-refractivity contribution in [1.29, 1.82) is 0 Å². The molecule has 2 rings (SSSR count). The van der Waals surface area contributed by atoms with Crippen LogP contribution in [0, 0.1) is 0 Å². The van der Waals surface area contributed by atoms with Crippen molar-refractivity contribution in [3.63, 3.8) is 0 Å². The molecule has 0 aliphatic carbocycles. The summed E-state index contributed by atoms with van der Waals surface area (Å²) in [5.41, 5.74) is 0.914. The van der Waals surface area contributed by atoms with E-state index in [2.05, 4.69) is 5.32 Å². The summed E-state index contributed by atoms with van der Waals surface area (Å²) in [5.74, 6) is 0.640. The molecule has 3 heteroatoms. The lowest BCUT2D eigenvalue weighted by atomic mass is 10.2. The number of benzene rings is 2. The molecule has 2 aromatic carbocycles. The van der Waals surface area contributed by atoms with E-state index >= 15 is 0 Å². The van der Waals surface area contributed by atoms with Gasteiger partial charge in [-0.15, -0.1) is 0 Å². The van der Waals surface area contributed by atoms with Crippen LogP contribution in [0.3, 0.4) is 0 Å². The van der Waals surface area contributed by atoms with Gasteiger partial charge in [-0.3, -0.25) is 4.79 Å². The first kappa shape index (κ1) is 12.9. The molecular formula is C16H15NO2. The Bertz CT molecular complexity index is 562. The van der Waals surface area contributed by atoms with Gasteiger partial charge >= 0.3 is 0 Å². The van der Waals surface area contributed by atoms with Crippen LogP contribution in [0.4, 0.5) is 0 Å². The summed E-state index contributed by atoms with van der Waals surface area (Å²) in [6, 6.07) is 18.8. The van der Waals surface area contributed by atoms with Crippen molar-refractivity contribution in [1.82, 2.24) is 5.32 Å². The Labute approximate surface area is 112 Å². The van der Waals surface area contributed by atoms with Crippen molar-refractivity contribution in [3.8, 4) is 5.75 Å². The normalized spacial score (nSPS) is 10.9. The van der Waals surface area contributed by atoms with Crippen LogP contribution in [-0.2, 0) is 4.79 Å². The summed E-state index contributed by atoms with van der Waals surface area (Å²) in [5, 5.41) is 2.57. The summed E-state index contributed by atoms with van der Waals surface area (Å²) in [4.78, 5) is 11.8. The van der Waals surface area contributed by atoms with E-state index in [1.165, 1.54) is 0 Å². The Morgan fingerprint density at radius 2 is 1.58 bits per heavy atom. The number of hydrogen-bond donors (Lipinski definition) is 1. The average Bonchev–Trinajstić information content (AvgIpc) is 2.48. The van der Waals surface area contributed by atoms with Crippen LogP contribution < -0.4 is 10.1 Å². The van der Waals surface area contributed by atoms with E-state index in [0.717, 1.165) is 5.56 Å². The Hall–Kier alpha value is -2.55. The fraction of sp³-hybridized carbons (Fsp3) is 0.0625. The molecule has 0 radical (unpaired) electrons. The first-order valence-corrected chi connectivity index (χ1v) is 6.01. The molecule has 0 atom stereocenters. The van der Waals surface area contributed by atoms with Crippen molar-refractivity contribution >= 4 is 12.0 Å². The van der Waals surface area contributed by atoms with Crippen LogP contribution in [0.1, 0.15) is 5.56 Å². The van der Waals surface area contributed by atoms with Gasteiger partial charge in [-0.1, -0.05) is 48.5 Å². The molecule has 2 aromatic rings. The third-order valence-electron chi connectivity index (χ3n) is 2.52. The minimum absolute atomic E-state index is 0.257. The Balaban J connectivity index is 2.27. The topological polar surface area (TPSA) is 38.3 Å². The number of hydrogen-bond acceptors (Lipinski definition) is 2. The highest BCUT2D eigenvalue weighted by Gasteiger charge is 2.10. The van der Waals surface area contributed by atoms with Gasteiger partial charge in [0.05, 0.1) is 0 Å². The second-order valence-electron chi connectivity index (χ2n) is 3.91. The van der Waals surface area contributed by atoms with E-state index in [4.69, 9.17) is 4.74 Å². The monoisotopic (exact) mass is 253 g/mol. The fourth-order valence-electron chi connectivity index (χ4n) is 1.58. The highest BCUT2D eigenvalue weighted by atomic mass is 16.5. The summed E-state index contributed by atoms with van der Waals surface area (Å²) >= 11 is 0. The van der Waals surface area contributed by atoms with Crippen LogP contribution in [0.5, 0.6) is 5.75 Å². The maximum atomic E-state index is 11.8. The lowest BCUT2D eigenvalue weighted by Crippen LogP contribution is -2.23.